The summed E-state index contributed by atoms with van der Waals surface area (Å²) in [5.41, 5.74) is 1.10. The van der Waals surface area contributed by atoms with E-state index in [4.69, 9.17) is 9.47 Å². The van der Waals surface area contributed by atoms with Crippen molar-refractivity contribution in [3.05, 3.63) is 29.8 Å². The molecule has 0 aliphatic carbocycles. The molecular weight excluding hydrogens is 433 g/mol. The van der Waals surface area contributed by atoms with Crippen LogP contribution in [-0.2, 0) is 16.1 Å². The Kier molecular flexibility index (Phi) is 12.9. The molecule has 0 aliphatic rings. The van der Waals surface area contributed by atoms with Crippen molar-refractivity contribution in [2.45, 2.75) is 33.2 Å². The number of nitrogens with zero attached hydrogens (tertiary/aromatic N) is 2. The first-order chi connectivity index (χ1) is 11.6. The predicted octanol–water partition coefficient (Wildman–Crippen LogP) is 3.05. The third-order valence-corrected chi connectivity index (χ3v) is 3.40. The van der Waals surface area contributed by atoms with E-state index in [9.17, 15) is 4.79 Å². The fourth-order valence-corrected chi connectivity index (χ4v) is 2.28. The highest BCUT2D eigenvalue weighted by Gasteiger charge is 2.10. The number of esters is 1. The number of guanidine groups is 1. The van der Waals surface area contributed by atoms with Crippen LogP contribution in [0.25, 0.3) is 0 Å². The van der Waals surface area contributed by atoms with Gasteiger partial charge in [0.05, 0.1) is 13.7 Å². The molecule has 0 saturated heterocycles. The quantitative estimate of drug-likeness (QED) is 0.201. The zero-order chi connectivity index (χ0) is 17.8. The molecule has 0 spiro atoms. The second kappa shape index (κ2) is 13.7. The molecule has 0 heterocycles. The Balaban J connectivity index is 0.00000576. The number of carbonyl (C=O) groups is 1. The maximum atomic E-state index is 11.3. The molecule has 0 radical (unpaired) electrons. The first-order valence-electron chi connectivity index (χ1n) is 8.39. The van der Waals surface area contributed by atoms with Gasteiger partial charge in [-0.25, -0.2) is 0 Å². The number of carbonyl (C=O) groups excluding carboxylic acids is 1. The zero-order valence-corrected chi connectivity index (χ0v) is 17.9. The number of para-hydroxylation sites is 1. The topological polar surface area (TPSA) is 63.2 Å². The van der Waals surface area contributed by atoms with Crippen LogP contribution in [0.4, 0.5) is 0 Å². The number of rotatable bonds is 9. The van der Waals surface area contributed by atoms with Crippen molar-refractivity contribution in [2.24, 2.45) is 4.99 Å². The van der Waals surface area contributed by atoms with Crippen LogP contribution in [0.5, 0.6) is 5.75 Å². The normalized spacial score (nSPS) is 10.6. The molecule has 0 saturated carbocycles. The van der Waals surface area contributed by atoms with Gasteiger partial charge in [0.25, 0.3) is 0 Å². The SMILES string of the molecule is CCNC(=NCCCC(=O)OCC)N(C)Cc1ccccc1OC.I. The monoisotopic (exact) mass is 463 g/mol. The average molecular weight is 463 g/mol. The van der Waals surface area contributed by atoms with Gasteiger partial charge in [0, 0.05) is 38.7 Å². The molecule has 6 nitrogen and oxygen atoms in total. The fourth-order valence-electron chi connectivity index (χ4n) is 2.28. The van der Waals surface area contributed by atoms with Crippen molar-refractivity contribution in [1.29, 1.82) is 0 Å². The lowest BCUT2D eigenvalue weighted by Gasteiger charge is -2.23. The standard InChI is InChI=1S/C18H29N3O3.HI/c1-5-19-18(20-13-9-12-17(22)24-6-2)21(3)14-15-10-7-8-11-16(15)23-4;/h7-8,10-11H,5-6,9,12-14H2,1-4H3,(H,19,20);1H. The van der Waals surface area contributed by atoms with Crippen LogP contribution >= 0.6 is 24.0 Å². The number of hydrogen-bond donors (Lipinski definition) is 1. The van der Waals surface area contributed by atoms with Crippen LogP contribution in [-0.4, -0.2) is 50.7 Å². The van der Waals surface area contributed by atoms with Gasteiger partial charge in [-0.1, -0.05) is 18.2 Å². The molecule has 1 rings (SSSR count). The lowest BCUT2D eigenvalue weighted by molar-refractivity contribution is -0.143. The van der Waals surface area contributed by atoms with Gasteiger partial charge in [0.2, 0.25) is 0 Å². The number of aliphatic imine (C=N–C) groups is 1. The lowest BCUT2D eigenvalue weighted by Crippen LogP contribution is -2.38. The zero-order valence-electron chi connectivity index (χ0n) is 15.6. The van der Waals surface area contributed by atoms with Gasteiger partial charge in [-0.05, 0) is 26.3 Å². The van der Waals surface area contributed by atoms with Crippen molar-refractivity contribution in [3.8, 4) is 5.75 Å². The summed E-state index contributed by atoms with van der Waals surface area (Å²) in [6, 6.07) is 7.94. The van der Waals surface area contributed by atoms with Crippen molar-refractivity contribution in [3.63, 3.8) is 0 Å². The molecule has 0 bridgehead atoms. The summed E-state index contributed by atoms with van der Waals surface area (Å²) in [5.74, 6) is 1.51. The molecule has 1 aromatic carbocycles. The third kappa shape index (κ3) is 8.94. The molecule has 1 aromatic rings. The van der Waals surface area contributed by atoms with Crippen LogP contribution in [0.15, 0.2) is 29.3 Å². The van der Waals surface area contributed by atoms with Crippen molar-refractivity contribution < 1.29 is 14.3 Å². The van der Waals surface area contributed by atoms with E-state index in [2.05, 4.69) is 10.3 Å². The van der Waals surface area contributed by atoms with Crippen LogP contribution in [0.2, 0.25) is 0 Å². The summed E-state index contributed by atoms with van der Waals surface area (Å²) < 4.78 is 10.3. The number of methoxy groups -OCH3 is 1. The molecule has 0 amide bonds. The smallest absolute Gasteiger partial charge is 0.305 e. The Morgan fingerprint density at radius 1 is 1.28 bits per heavy atom. The van der Waals surface area contributed by atoms with Gasteiger partial charge in [-0.2, -0.15) is 0 Å². The second-order valence-corrected chi connectivity index (χ2v) is 5.31. The maximum absolute atomic E-state index is 11.3. The predicted molar refractivity (Wildman–Crippen MR) is 112 cm³/mol. The lowest BCUT2D eigenvalue weighted by atomic mass is 10.2. The maximum Gasteiger partial charge on any atom is 0.305 e. The minimum Gasteiger partial charge on any atom is -0.496 e. The van der Waals surface area contributed by atoms with Crippen LogP contribution in [0, 0.1) is 0 Å². The first kappa shape index (κ1) is 23.5. The summed E-state index contributed by atoms with van der Waals surface area (Å²) in [6.45, 7) is 6.32. The Hall–Kier alpha value is -1.51. The highest BCUT2D eigenvalue weighted by Crippen LogP contribution is 2.18. The van der Waals surface area contributed by atoms with E-state index in [1.54, 1.807) is 7.11 Å². The number of hydrogen-bond acceptors (Lipinski definition) is 4. The molecule has 0 atom stereocenters. The number of benzene rings is 1. The van der Waals surface area contributed by atoms with E-state index in [1.165, 1.54) is 0 Å². The Morgan fingerprint density at radius 2 is 2.00 bits per heavy atom. The highest BCUT2D eigenvalue weighted by atomic mass is 127. The Bertz CT molecular complexity index is 538. The number of nitrogens with one attached hydrogen (secondary N) is 1. The number of halogens is 1. The Morgan fingerprint density at radius 3 is 2.64 bits per heavy atom. The summed E-state index contributed by atoms with van der Waals surface area (Å²) in [6.07, 6.45) is 1.07. The van der Waals surface area contributed by atoms with E-state index < -0.39 is 0 Å². The van der Waals surface area contributed by atoms with E-state index in [0.29, 0.717) is 32.5 Å². The minimum absolute atomic E-state index is 0. The molecule has 25 heavy (non-hydrogen) atoms. The summed E-state index contributed by atoms with van der Waals surface area (Å²) in [5, 5.41) is 3.27. The molecule has 0 unspecified atom stereocenters. The average Bonchev–Trinajstić information content (AvgIpc) is 2.58. The van der Waals surface area contributed by atoms with Crippen molar-refractivity contribution in [1.82, 2.24) is 10.2 Å². The highest BCUT2D eigenvalue weighted by molar-refractivity contribution is 14.0. The van der Waals surface area contributed by atoms with E-state index in [1.807, 2.05) is 50.1 Å². The minimum atomic E-state index is -0.167. The first-order valence-corrected chi connectivity index (χ1v) is 8.39. The fraction of sp³-hybridized carbons (Fsp3) is 0.556. The van der Waals surface area contributed by atoms with E-state index >= 15 is 0 Å². The Labute approximate surface area is 168 Å². The van der Waals surface area contributed by atoms with Gasteiger partial charge in [-0.15, -0.1) is 24.0 Å². The van der Waals surface area contributed by atoms with Gasteiger partial charge < -0.3 is 19.7 Å². The molecule has 0 aromatic heterocycles. The van der Waals surface area contributed by atoms with Crippen LogP contribution < -0.4 is 10.1 Å². The van der Waals surface area contributed by atoms with Crippen molar-refractivity contribution in [2.75, 3.05) is 33.9 Å². The number of ether oxygens (including phenoxy) is 2. The van der Waals surface area contributed by atoms with Crippen LogP contribution in [0.3, 0.4) is 0 Å². The third-order valence-electron chi connectivity index (χ3n) is 3.40. The molecule has 7 heteroatoms. The van der Waals surface area contributed by atoms with Gasteiger partial charge >= 0.3 is 5.97 Å². The van der Waals surface area contributed by atoms with Crippen LogP contribution in [0.1, 0.15) is 32.3 Å². The van der Waals surface area contributed by atoms with E-state index in [0.717, 1.165) is 23.8 Å². The molecule has 1 N–H and O–H groups in total. The summed E-state index contributed by atoms with van der Waals surface area (Å²) in [7, 11) is 3.66. The van der Waals surface area contributed by atoms with E-state index in [-0.39, 0.29) is 29.9 Å². The molecule has 142 valence electrons. The molecular formula is C18H30IN3O3. The summed E-state index contributed by atoms with van der Waals surface area (Å²) in [4.78, 5) is 18.0. The van der Waals surface area contributed by atoms with Crippen molar-refractivity contribution >= 4 is 35.9 Å². The molecule has 0 fully saturated rings. The largest absolute Gasteiger partial charge is 0.496 e. The van der Waals surface area contributed by atoms with Gasteiger partial charge in [-0.3, -0.25) is 9.79 Å². The molecule has 0 aliphatic heterocycles. The van der Waals surface area contributed by atoms with Gasteiger partial charge in [0.1, 0.15) is 5.75 Å². The second-order valence-electron chi connectivity index (χ2n) is 5.31. The summed E-state index contributed by atoms with van der Waals surface area (Å²) >= 11 is 0. The van der Waals surface area contributed by atoms with Gasteiger partial charge in [0.15, 0.2) is 5.96 Å².